The lowest BCUT2D eigenvalue weighted by Crippen LogP contribution is -2.47. The highest BCUT2D eigenvalue weighted by Gasteiger charge is 2.36. The van der Waals surface area contributed by atoms with E-state index in [-0.39, 0.29) is 35.0 Å². The Morgan fingerprint density at radius 3 is 2.30 bits per heavy atom. The van der Waals surface area contributed by atoms with Crippen molar-refractivity contribution in [3.63, 3.8) is 0 Å². The van der Waals surface area contributed by atoms with Crippen LogP contribution in [-0.2, 0) is 30.1 Å². The number of amides is 4. The van der Waals surface area contributed by atoms with Crippen LogP contribution in [0.25, 0.3) is 38.8 Å². The lowest BCUT2D eigenvalue weighted by molar-refractivity contribution is -0.134. The third-order valence-electron chi connectivity index (χ3n) is 13.2. The lowest BCUT2D eigenvalue weighted by atomic mass is 9.92. The maximum absolute atomic E-state index is 14.0. The van der Waals surface area contributed by atoms with Crippen LogP contribution in [0.4, 0.5) is 22.1 Å². The normalized spacial score (nSPS) is 18.5. The Morgan fingerprint density at radius 2 is 1.59 bits per heavy atom. The molecule has 0 saturated carbocycles. The molecule has 3 saturated heterocycles. The molecule has 17 heteroatoms. The van der Waals surface area contributed by atoms with Crippen molar-refractivity contribution in [2.24, 2.45) is 19.5 Å². The molecule has 1 aliphatic carbocycles. The second kappa shape index (κ2) is 16.5. The van der Waals surface area contributed by atoms with Gasteiger partial charge in [0.1, 0.15) is 11.6 Å². The van der Waals surface area contributed by atoms with Gasteiger partial charge in [-0.05, 0) is 66.4 Å². The maximum Gasteiger partial charge on any atom is 0.353 e. The van der Waals surface area contributed by atoms with Gasteiger partial charge in [0.05, 0.1) is 29.9 Å². The zero-order valence-electron chi connectivity index (χ0n) is 38.0. The van der Waals surface area contributed by atoms with Gasteiger partial charge in [0.15, 0.2) is 0 Å². The van der Waals surface area contributed by atoms with Gasteiger partial charge in [0, 0.05) is 111 Å². The number of nitrogens with zero attached hydrogens (tertiary/aromatic N) is 11. The first-order chi connectivity index (χ1) is 31.8. The number of aryl methyl sites for hydroxylation is 2. The number of methoxy groups -OCH3 is 1. The number of pyridine rings is 2. The van der Waals surface area contributed by atoms with Gasteiger partial charge in [-0.1, -0.05) is 51.1 Å². The standard InChI is InChI=1S/C49H52N12O5/c1-7-34-35(17-19-50-44(34)60-25-24-59(48(60)65)33-16-18-49(2,3)28-33)36-12-10-32(61-46(66-6)54-56(5)47(61)64)27-40(36)57-20-22-58(23-21-57)41-14-9-31(29-51-41)30-8-11-37-39(26-30)55(4)53-43(37)38-13-15-42(62)52-45(38)63/h8-12,14,16-19,26-29,38H,7,13,15,20-25H2,1-6H3,(H,52,62,63). The molecule has 7 heterocycles. The second-order valence-electron chi connectivity index (χ2n) is 17.9. The van der Waals surface area contributed by atoms with E-state index in [2.05, 4.69) is 65.3 Å². The predicted molar refractivity (Wildman–Crippen MR) is 252 cm³/mol. The number of imide groups is 1. The number of ether oxygens (including phenoxy) is 1. The summed E-state index contributed by atoms with van der Waals surface area (Å²) in [5.41, 5.74) is 8.45. The molecule has 1 unspecified atom stereocenters. The summed E-state index contributed by atoms with van der Waals surface area (Å²) < 4.78 is 10.1. The van der Waals surface area contributed by atoms with Crippen LogP contribution in [0.3, 0.4) is 0 Å². The molecule has 1 atom stereocenters. The smallest absolute Gasteiger partial charge is 0.353 e. The zero-order valence-corrected chi connectivity index (χ0v) is 38.0. The number of urea groups is 1. The summed E-state index contributed by atoms with van der Waals surface area (Å²) in [6, 6.07) is 18.3. The summed E-state index contributed by atoms with van der Waals surface area (Å²) in [6.45, 7) is 10.2. The Bertz CT molecular complexity index is 3060. The van der Waals surface area contributed by atoms with Gasteiger partial charge in [0.2, 0.25) is 11.8 Å². The summed E-state index contributed by atoms with van der Waals surface area (Å²) >= 11 is 0. The number of rotatable bonds is 10. The predicted octanol–water partition coefficient (Wildman–Crippen LogP) is 5.72. The first-order valence-corrected chi connectivity index (χ1v) is 22.4. The number of nitrogens with one attached hydrogen (secondary N) is 1. The van der Waals surface area contributed by atoms with Crippen molar-refractivity contribution in [3.8, 4) is 34.0 Å². The maximum atomic E-state index is 14.0. The number of benzene rings is 2. The van der Waals surface area contributed by atoms with Gasteiger partial charge in [-0.3, -0.25) is 29.4 Å². The zero-order chi connectivity index (χ0) is 46.0. The number of hydrogen-bond donors (Lipinski definition) is 1. The van der Waals surface area contributed by atoms with Crippen LogP contribution in [0.15, 0.2) is 95.7 Å². The highest BCUT2D eigenvalue weighted by molar-refractivity contribution is 6.03. The minimum atomic E-state index is -0.468. The molecule has 0 radical (unpaired) electrons. The van der Waals surface area contributed by atoms with E-state index in [1.807, 2.05) is 66.7 Å². The van der Waals surface area contributed by atoms with Crippen molar-refractivity contribution in [1.29, 1.82) is 0 Å². The van der Waals surface area contributed by atoms with Gasteiger partial charge in [0.25, 0.3) is 0 Å². The van der Waals surface area contributed by atoms with E-state index < -0.39 is 5.92 Å². The van der Waals surface area contributed by atoms with Crippen molar-refractivity contribution >= 4 is 46.1 Å². The molecule has 17 nitrogen and oxygen atoms in total. The van der Waals surface area contributed by atoms with Crippen molar-refractivity contribution in [1.82, 2.24) is 44.3 Å². The molecular formula is C49H52N12O5. The Labute approximate surface area is 381 Å². The van der Waals surface area contributed by atoms with Gasteiger partial charge in [-0.2, -0.15) is 5.10 Å². The Kier molecular flexibility index (Phi) is 10.6. The molecular weight excluding hydrogens is 837 g/mol. The minimum absolute atomic E-state index is 0.0885. The number of aromatic nitrogens is 7. The van der Waals surface area contributed by atoms with Gasteiger partial charge >= 0.3 is 17.7 Å². The number of anilines is 3. The van der Waals surface area contributed by atoms with Crippen LogP contribution in [-0.4, -0.2) is 103 Å². The van der Waals surface area contributed by atoms with Crippen LogP contribution in [0.5, 0.6) is 6.01 Å². The fourth-order valence-corrected chi connectivity index (χ4v) is 9.77. The largest absolute Gasteiger partial charge is 0.467 e. The summed E-state index contributed by atoms with van der Waals surface area (Å²) in [5.74, 6) is 0.503. The van der Waals surface area contributed by atoms with Crippen molar-refractivity contribution < 1.29 is 19.1 Å². The van der Waals surface area contributed by atoms with Crippen LogP contribution in [0, 0.1) is 5.41 Å². The monoisotopic (exact) mass is 888 g/mol. The number of piperazine rings is 1. The Balaban J connectivity index is 0.925. The number of allylic oxidation sites excluding steroid dienone is 3. The molecule has 4 aromatic heterocycles. The van der Waals surface area contributed by atoms with E-state index in [9.17, 15) is 19.2 Å². The highest BCUT2D eigenvalue weighted by atomic mass is 16.5. The summed E-state index contributed by atoms with van der Waals surface area (Å²) in [4.78, 5) is 69.9. The molecule has 3 fully saturated rings. The van der Waals surface area contributed by atoms with Crippen molar-refractivity contribution in [2.75, 3.05) is 61.1 Å². The average Bonchev–Trinajstić information content (AvgIpc) is 4.07. The highest BCUT2D eigenvalue weighted by Crippen LogP contribution is 2.41. The van der Waals surface area contributed by atoms with E-state index in [1.54, 1.807) is 22.8 Å². The summed E-state index contributed by atoms with van der Waals surface area (Å²) in [5, 5.41) is 12.4. The van der Waals surface area contributed by atoms with Gasteiger partial charge in [-0.25, -0.2) is 28.8 Å². The molecule has 1 N–H and O–H groups in total. The summed E-state index contributed by atoms with van der Waals surface area (Å²) in [7, 11) is 4.97. The van der Waals surface area contributed by atoms with Crippen molar-refractivity contribution in [3.05, 3.63) is 113 Å². The summed E-state index contributed by atoms with van der Waals surface area (Å²) in [6.07, 6.45) is 11.3. The van der Waals surface area contributed by atoms with Crippen molar-refractivity contribution in [2.45, 2.75) is 46.0 Å². The fraction of sp³-hybridized carbons (Fsp3) is 0.347. The number of carbonyl (C=O) groups excluding carboxylic acids is 3. The lowest BCUT2D eigenvalue weighted by Gasteiger charge is -2.38. The Hall–Kier alpha value is -7.56. The fourth-order valence-electron chi connectivity index (χ4n) is 9.77. The average molecular weight is 889 g/mol. The molecule has 10 rings (SSSR count). The van der Waals surface area contributed by atoms with E-state index >= 15 is 0 Å². The van der Waals surface area contributed by atoms with Crippen LogP contribution in [0.2, 0.25) is 0 Å². The third kappa shape index (κ3) is 7.37. The van der Waals surface area contributed by atoms with Crippen LogP contribution >= 0.6 is 0 Å². The molecule has 0 bridgehead atoms. The third-order valence-corrected chi connectivity index (χ3v) is 13.2. The Morgan fingerprint density at radius 1 is 0.818 bits per heavy atom. The van der Waals surface area contributed by atoms with E-state index in [0.29, 0.717) is 75.7 Å². The number of carbonyl (C=O) groups is 3. The SMILES string of the molecule is CCc1c(-c2ccc(-n3c(OC)nn(C)c3=O)cc2N2CCN(c3ccc(-c4ccc5c(C6CCC(=O)NC6=O)nn(C)c5c4)cn3)CC2)ccnc1N1CCN(C2=CC(C)(C)C=C2)C1=O. The number of fused-ring (bicyclic) bond motifs is 1. The van der Waals surface area contributed by atoms with Gasteiger partial charge in [-0.15, -0.1) is 5.10 Å². The van der Waals surface area contributed by atoms with Gasteiger partial charge < -0.3 is 14.5 Å². The first-order valence-electron chi connectivity index (χ1n) is 22.4. The minimum Gasteiger partial charge on any atom is -0.467 e. The van der Waals surface area contributed by atoms with E-state index in [4.69, 9.17) is 19.8 Å². The molecule has 2 aromatic carbocycles. The quantitative estimate of drug-likeness (QED) is 0.167. The molecule has 338 valence electrons. The van der Waals surface area contributed by atoms with Crippen LogP contribution < -0.4 is 30.4 Å². The second-order valence-corrected chi connectivity index (χ2v) is 17.9. The number of piperidine rings is 1. The molecule has 4 aliphatic rings. The molecule has 66 heavy (non-hydrogen) atoms. The molecule has 6 aromatic rings. The molecule has 3 aliphatic heterocycles. The molecule has 0 spiro atoms. The first kappa shape index (κ1) is 42.4. The topological polar surface area (TPSA) is 169 Å². The van der Waals surface area contributed by atoms with E-state index in [1.165, 1.54) is 16.4 Å². The van der Waals surface area contributed by atoms with E-state index in [0.717, 1.165) is 55.9 Å². The number of hydrogen-bond acceptors (Lipinski definition) is 11. The van der Waals surface area contributed by atoms with Crippen LogP contribution in [0.1, 0.15) is 50.8 Å². The molecule has 4 amide bonds.